The van der Waals surface area contributed by atoms with Gasteiger partial charge in [0, 0.05) is 5.39 Å². The predicted molar refractivity (Wildman–Crippen MR) is 59.7 cm³/mol. The topological polar surface area (TPSA) is 13.1 Å². The van der Waals surface area contributed by atoms with Gasteiger partial charge in [-0.2, -0.15) is 0 Å². The molecule has 0 atom stereocenters. The molecule has 1 heteroatoms. The number of fused-ring (bicyclic) bond motifs is 1. The van der Waals surface area contributed by atoms with Crippen molar-refractivity contribution in [1.82, 2.24) is 0 Å². The Morgan fingerprint density at radius 1 is 1.07 bits per heavy atom. The van der Waals surface area contributed by atoms with Gasteiger partial charge in [0.25, 0.3) is 0 Å². The van der Waals surface area contributed by atoms with Gasteiger partial charge < -0.3 is 4.42 Å². The van der Waals surface area contributed by atoms with Crippen molar-refractivity contribution in [3.63, 3.8) is 0 Å². The molecule has 0 aliphatic heterocycles. The summed E-state index contributed by atoms with van der Waals surface area (Å²) in [5, 5.41) is 1.25. The van der Waals surface area contributed by atoms with E-state index < -0.39 is 0 Å². The molecule has 0 fully saturated rings. The molecule has 1 heterocycles. The zero-order chi connectivity index (χ0) is 10.3. The van der Waals surface area contributed by atoms with Crippen molar-refractivity contribution in [3.05, 3.63) is 35.6 Å². The highest BCUT2D eigenvalue weighted by Gasteiger charge is 2.19. The summed E-state index contributed by atoms with van der Waals surface area (Å²) in [4.78, 5) is 0. The first-order valence-electron chi connectivity index (χ1n) is 4.97. The standard InChI is InChI=1S/C13H16O/c1-9-5-6-11-10(7-8-14-11)12(9)13(2,3)4/h5-8H,1-4H3. The first-order valence-corrected chi connectivity index (χ1v) is 4.97. The maximum absolute atomic E-state index is 5.41. The molecule has 0 saturated heterocycles. The molecule has 2 rings (SSSR count). The zero-order valence-electron chi connectivity index (χ0n) is 9.22. The van der Waals surface area contributed by atoms with Gasteiger partial charge in [-0.25, -0.2) is 0 Å². The summed E-state index contributed by atoms with van der Waals surface area (Å²) in [6, 6.07) is 6.23. The third-order valence-electron chi connectivity index (χ3n) is 2.59. The Bertz CT molecular complexity index is 458. The molecule has 0 radical (unpaired) electrons. The lowest BCUT2D eigenvalue weighted by molar-refractivity contribution is 0.588. The molecule has 1 nitrogen and oxygen atoms in total. The summed E-state index contributed by atoms with van der Waals surface area (Å²) in [5.41, 5.74) is 3.89. The van der Waals surface area contributed by atoms with Gasteiger partial charge >= 0.3 is 0 Å². The van der Waals surface area contributed by atoms with Crippen LogP contribution in [-0.2, 0) is 5.41 Å². The molecule has 0 spiro atoms. The van der Waals surface area contributed by atoms with Crippen molar-refractivity contribution >= 4 is 11.0 Å². The first-order chi connectivity index (χ1) is 6.50. The lowest BCUT2D eigenvalue weighted by atomic mass is 9.82. The van der Waals surface area contributed by atoms with Crippen LogP contribution in [0.1, 0.15) is 31.9 Å². The molecule has 0 aliphatic rings. The summed E-state index contributed by atoms with van der Waals surface area (Å²) < 4.78 is 5.41. The fourth-order valence-corrected chi connectivity index (χ4v) is 2.15. The van der Waals surface area contributed by atoms with Crippen molar-refractivity contribution in [3.8, 4) is 0 Å². The van der Waals surface area contributed by atoms with Crippen LogP contribution in [0.25, 0.3) is 11.0 Å². The van der Waals surface area contributed by atoms with E-state index in [2.05, 4.69) is 39.8 Å². The Balaban J connectivity index is 2.83. The number of aryl methyl sites for hydroxylation is 1. The van der Waals surface area contributed by atoms with E-state index in [1.165, 1.54) is 16.5 Å². The minimum absolute atomic E-state index is 0.174. The van der Waals surface area contributed by atoms with Crippen LogP contribution in [0.3, 0.4) is 0 Å². The summed E-state index contributed by atoms with van der Waals surface area (Å²) in [7, 11) is 0. The van der Waals surface area contributed by atoms with E-state index in [1.54, 1.807) is 6.26 Å². The molecule has 14 heavy (non-hydrogen) atoms. The molecule has 1 aromatic carbocycles. The van der Waals surface area contributed by atoms with Crippen LogP contribution < -0.4 is 0 Å². The van der Waals surface area contributed by atoms with Crippen LogP contribution in [-0.4, -0.2) is 0 Å². The highest BCUT2D eigenvalue weighted by atomic mass is 16.3. The van der Waals surface area contributed by atoms with Crippen LogP contribution >= 0.6 is 0 Å². The van der Waals surface area contributed by atoms with Gasteiger partial charge in [0.1, 0.15) is 5.58 Å². The molecule has 0 saturated carbocycles. The SMILES string of the molecule is Cc1ccc2occc2c1C(C)(C)C. The van der Waals surface area contributed by atoms with Gasteiger partial charge in [-0.3, -0.25) is 0 Å². The summed E-state index contributed by atoms with van der Waals surface area (Å²) in [5.74, 6) is 0. The van der Waals surface area contributed by atoms with Crippen molar-refractivity contribution in [2.75, 3.05) is 0 Å². The maximum Gasteiger partial charge on any atom is 0.134 e. The molecule has 0 bridgehead atoms. The maximum atomic E-state index is 5.41. The fraction of sp³-hybridized carbons (Fsp3) is 0.385. The van der Waals surface area contributed by atoms with Crippen LogP contribution in [0.2, 0.25) is 0 Å². The minimum Gasteiger partial charge on any atom is -0.464 e. The molecule has 0 aliphatic carbocycles. The molecule has 0 amide bonds. The van der Waals surface area contributed by atoms with E-state index in [4.69, 9.17) is 4.42 Å². The Morgan fingerprint density at radius 3 is 2.43 bits per heavy atom. The Morgan fingerprint density at radius 2 is 1.79 bits per heavy atom. The number of rotatable bonds is 0. The molecule has 1 aromatic heterocycles. The lowest BCUT2D eigenvalue weighted by Crippen LogP contribution is -2.13. The second kappa shape index (κ2) is 2.88. The van der Waals surface area contributed by atoms with Gasteiger partial charge in [0.15, 0.2) is 0 Å². The van der Waals surface area contributed by atoms with Gasteiger partial charge in [0.2, 0.25) is 0 Å². The predicted octanol–water partition coefficient (Wildman–Crippen LogP) is 4.04. The Hall–Kier alpha value is -1.24. The highest BCUT2D eigenvalue weighted by molar-refractivity contribution is 5.83. The van der Waals surface area contributed by atoms with Crippen LogP contribution in [0.5, 0.6) is 0 Å². The second-order valence-electron chi connectivity index (χ2n) is 4.84. The normalized spacial score (nSPS) is 12.3. The molecule has 0 unspecified atom stereocenters. The molecular weight excluding hydrogens is 172 g/mol. The highest BCUT2D eigenvalue weighted by Crippen LogP contribution is 2.33. The third kappa shape index (κ3) is 1.33. The number of hydrogen-bond acceptors (Lipinski definition) is 1. The quantitative estimate of drug-likeness (QED) is 0.608. The second-order valence-corrected chi connectivity index (χ2v) is 4.84. The minimum atomic E-state index is 0.174. The van der Waals surface area contributed by atoms with Crippen LogP contribution in [0, 0.1) is 6.92 Å². The molecule has 0 N–H and O–H groups in total. The van der Waals surface area contributed by atoms with E-state index in [0.29, 0.717) is 0 Å². The van der Waals surface area contributed by atoms with E-state index in [9.17, 15) is 0 Å². The average Bonchev–Trinajstić information content (AvgIpc) is 2.48. The largest absolute Gasteiger partial charge is 0.464 e. The van der Waals surface area contributed by atoms with Crippen LogP contribution in [0.15, 0.2) is 28.9 Å². The third-order valence-corrected chi connectivity index (χ3v) is 2.59. The summed E-state index contributed by atoms with van der Waals surface area (Å²) in [6.07, 6.45) is 1.76. The average molecular weight is 188 g/mol. The monoisotopic (exact) mass is 188 g/mol. The van der Waals surface area contributed by atoms with E-state index in [-0.39, 0.29) is 5.41 Å². The van der Waals surface area contributed by atoms with Gasteiger partial charge in [-0.1, -0.05) is 26.8 Å². The number of hydrogen-bond donors (Lipinski definition) is 0. The van der Waals surface area contributed by atoms with Crippen LogP contribution in [0.4, 0.5) is 0 Å². The number of benzene rings is 1. The summed E-state index contributed by atoms with van der Waals surface area (Å²) in [6.45, 7) is 8.87. The fourth-order valence-electron chi connectivity index (χ4n) is 2.15. The van der Waals surface area contributed by atoms with Crippen molar-refractivity contribution in [1.29, 1.82) is 0 Å². The van der Waals surface area contributed by atoms with Crippen molar-refractivity contribution in [2.45, 2.75) is 33.1 Å². The van der Waals surface area contributed by atoms with E-state index in [0.717, 1.165) is 5.58 Å². The smallest absolute Gasteiger partial charge is 0.134 e. The van der Waals surface area contributed by atoms with E-state index >= 15 is 0 Å². The van der Waals surface area contributed by atoms with E-state index in [1.807, 2.05) is 6.07 Å². The Kier molecular flexibility index (Phi) is 1.91. The van der Waals surface area contributed by atoms with Crippen molar-refractivity contribution in [2.24, 2.45) is 0 Å². The van der Waals surface area contributed by atoms with Gasteiger partial charge in [0.05, 0.1) is 6.26 Å². The lowest BCUT2D eigenvalue weighted by Gasteiger charge is -2.22. The zero-order valence-corrected chi connectivity index (χ0v) is 9.22. The summed E-state index contributed by atoms with van der Waals surface area (Å²) >= 11 is 0. The molecular formula is C13H16O. The molecule has 2 aromatic rings. The number of furan rings is 1. The van der Waals surface area contributed by atoms with Gasteiger partial charge in [-0.05, 0) is 35.6 Å². The van der Waals surface area contributed by atoms with Gasteiger partial charge in [-0.15, -0.1) is 0 Å². The van der Waals surface area contributed by atoms with Crippen molar-refractivity contribution < 1.29 is 4.42 Å². The first kappa shape index (κ1) is 9.32. The Labute approximate surface area is 84.7 Å². The molecule has 74 valence electrons.